The molecule has 4 aromatic rings. The van der Waals surface area contributed by atoms with Crippen molar-refractivity contribution >= 4 is 27.7 Å². The minimum atomic E-state index is -0.213. The molecule has 0 saturated carbocycles. The van der Waals surface area contributed by atoms with E-state index in [-0.39, 0.29) is 18.0 Å². The summed E-state index contributed by atoms with van der Waals surface area (Å²) in [6, 6.07) is 14.9. The molecular weight excluding hydrogens is 368 g/mol. The van der Waals surface area contributed by atoms with Crippen molar-refractivity contribution < 1.29 is 9.53 Å². The molecule has 0 bridgehead atoms. The zero-order chi connectivity index (χ0) is 20.4. The number of nitrogens with one attached hydrogen (secondary N) is 1. The van der Waals surface area contributed by atoms with Gasteiger partial charge < -0.3 is 19.2 Å². The third-order valence-corrected chi connectivity index (χ3v) is 4.98. The van der Waals surface area contributed by atoms with Crippen molar-refractivity contribution in [3.05, 3.63) is 76.5 Å². The molecule has 0 radical (unpaired) electrons. The lowest BCUT2D eigenvalue weighted by Crippen LogP contribution is -2.34. The number of aromatic nitrogens is 3. The van der Waals surface area contributed by atoms with Crippen molar-refractivity contribution in [1.29, 1.82) is 0 Å². The zero-order valence-corrected chi connectivity index (χ0v) is 16.4. The molecule has 0 unspecified atom stereocenters. The molecule has 2 aromatic heterocycles. The highest BCUT2D eigenvalue weighted by Gasteiger charge is 2.21. The van der Waals surface area contributed by atoms with Crippen molar-refractivity contribution in [2.24, 2.45) is 7.05 Å². The van der Waals surface area contributed by atoms with E-state index >= 15 is 0 Å². The first kappa shape index (κ1) is 18.9. The maximum atomic E-state index is 13.4. The molecule has 29 heavy (non-hydrogen) atoms. The Balaban J connectivity index is 1.71. The lowest BCUT2D eigenvalue weighted by Gasteiger charge is -2.21. The monoisotopic (exact) mass is 390 g/mol. The van der Waals surface area contributed by atoms with Gasteiger partial charge in [-0.25, -0.2) is 4.98 Å². The summed E-state index contributed by atoms with van der Waals surface area (Å²) >= 11 is 0. The molecule has 2 aromatic carbocycles. The highest BCUT2D eigenvalue weighted by Crippen LogP contribution is 2.22. The number of methoxy groups -OCH3 is 1. The molecule has 2 heterocycles. The molecule has 0 aliphatic heterocycles. The second-order valence-electron chi connectivity index (χ2n) is 6.92. The van der Waals surface area contributed by atoms with E-state index in [2.05, 4.69) is 9.97 Å². The van der Waals surface area contributed by atoms with Crippen molar-refractivity contribution in [2.45, 2.75) is 6.54 Å². The van der Waals surface area contributed by atoms with E-state index < -0.39 is 0 Å². The first-order chi connectivity index (χ1) is 14.1. The van der Waals surface area contributed by atoms with Gasteiger partial charge in [0.1, 0.15) is 5.82 Å². The van der Waals surface area contributed by atoms with Crippen LogP contribution in [0.1, 0.15) is 16.2 Å². The van der Waals surface area contributed by atoms with Crippen LogP contribution in [0.25, 0.3) is 21.8 Å². The van der Waals surface area contributed by atoms with Crippen LogP contribution in [0.3, 0.4) is 0 Å². The summed E-state index contributed by atoms with van der Waals surface area (Å²) in [5, 5.41) is 1.42. The minimum Gasteiger partial charge on any atom is -0.383 e. The lowest BCUT2D eigenvalue weighted by molar-refractivity contribution is 0.0677. The van der Waals surface area contributed by atoms with Gasteiger partial charge in [-0.05, 0) is 18.2 Å². The summed E-state index contributed by atoms with van der Waals surface area (Å²) in [6.45, 7) is 0.953. The molecule has 7 nitrogen and oxygen atoms in total. The molecule has 148 valence electrons. The predicted octanol–water partition coefficient (Wildman–Crippen LogP) is 2.70. The zero-order valence-electron chi connectivity index (χ0n) is 16.4. The maximum Gasteiger partial charge on any atom is 0.258 e. The predicted molar refractivity (Wildman–Crippen MR) is 112 cm³/mol. The number of benzene rings is 2. The van der Waals surface area contributed by atoms with Gasteiger partial charge in [0, 0.05) is 37.8 Å². The van der Waals surface area contributed by atoms with Gasteiger partial charge in [-0.15, -0.1) is 0 Å². The normalized spacial score (nSPS) is 11.2. The molecule has 4 rings (SSSR count). The number of amides is 1. The summed E-state index contributed by atoms with van der Waals surface area (Å²) in [4.78, 5) is 34.7. The number of carbonyl (C=O) groups excluding carboxylic acids is 1. The third-order valence-electron chi connectivity index (χ3n) is 4.98. The Morgan fingerprint density at radius 1 is 1.14 bits per heavy atom. The van der Waals surface area contributed by atoms with Gasteiger partial charge in [0.2, 0.25) is 0 Å². The molecule has 0 spiro atoms. The summed E-state index contributed by atoms with van der Waals surface area (Å²) in [5.41, 5.74) is 1.99. The number of hydrogen-bond acceptors (Lipinski definition) is 4. The third kappa shape index (κ3) is 3.64. The largest absolute Gasteiger partial charge is 0.383 e. The molecule has 7 heteroatoms. The number of para-hydroxylation sites is 2. The Morgan fingerprint density at radius 3 is 2.66 bits per heavy atom. The molecule has 0 aliphatic rings. The lowest BCUT2D eigenvalue weighted by atomic mass is 10.1. The second kappa shape index (κ2) is 7.89. The number of aryl methyl sites for hydroxylation is 1. The van der Waals surface area contributed by atoms with Crippen molar-refractivity contribution in [3.8, 4) is 0 Å². The average Bonchev–Trinajstić information content (AvgIpc) is 3.07. The Bertz CT molecular complexity index is 1240. The Morgan fingerprint density at radius 2 is 1.86 bits per heavy atom. The number of rotatable bonds is 6. The van der Waals surface area contributed by atoms with E-state index in [0.29, 0.717) is 35.4 Å². The second-order valence-corrected chi connectivity index (χ2v) is 6.92. The molecule has 0 atom stereocenters. The highest BCUT2D eigenvalue weighted by molar-refractivity contribution is 6.07. The number of fused-ring (bicyclic) bond motifs is 2. The molecule has 1 N–H and O–H groups in total. The average molecular weight is 390 g/mol. The van der Waals surface area contributed by atoms with Gasteiger partial charge in [0.15, 0.2) is 0 Å². The number of nitrogens with zero attached hydrogens (tertiary/aromatic N) is 3. The topological polar surface area (TPSA) is 80.2 Å². The van der Waals surface area contributed by atoms with Crippen LogP contribution >= 0.6 is 0 Å². The highest BCUT2D eigenvalue weighted by atomic mass is 16.5. The number of H-pyrrole nitrogens is 1. The smallest absolute Gasteiger partial charge is 0.258 e. The Labute approximate surface area is 167 Å². The molecule has 0 fully saturated rings. The number of hydrogen-bond donors (Lipinski definition) is 1. The van der Waals surface area contributed by atoms with Crippen molar-refractivity contribution in [1.82, 2.24) is 19.4 Å². The Kier molecular flexibility index (Phi) is 5.14. The fourth-order valence-corrected chi connectivity index (χ4v) is 3.53. The first-order valence-corrected chi connectivity index (χ1v) is 9.38. The molecule has 0 aliphatic carbocycles. The van der Waals surface area contributed by atoms with Crippen LogP contribution in [0.15, 0.2) is 59.5 Å². The molecule has 1 amide bonds. The van der Waals surface area contributed by atoms with Gasteiger partial charge in [-0.3, -0.25) is 9.59 Å². The molecule has 0 saturated heterocycles. The van der Waals surface area contributed by atoms with E-state index in [0.717, 1.165) is 10.9 Å². The summed E-state index contributed by atoms with van der Waals surface area (Å²) in [6.07, 6.45) is 1.84. The summed E-state index contributed by atoms with van der Waals surface area (Å²) in [7, 11) is 3.51. The standard InChI is InChI=1S/C22H22N4O3/c1-25-13-17(15-7-4-6-10-19(15)25)22(28)26(11-12-29-2)14-20-23-18-9-5-3-8-16(18)21(27)24-20/h3-10,13H,11-12,14H2,1-2H3,(H,23,24,27). The van der Waals surface area contributed by atoms with E-state index in [1.165, 1.54) is 0 Å². The number of ether oxygens (including phenoxy) is 1. The van der Waals surface area contributed by atoms with Crippen LogP contribution < -0.4 is 5.56 Å². The van der Waals surface area contributed by atoms with Gasteiger partial charge >= 0.3 is 0 Å². The van der Waals surface area contributed by atoms with Gasteiger partial charge in [-0.2, -0.15) is 0 Å². The van der Waals surface area contributed by atoms with Crippen LogP contribution in [-0.2, 0) is 18.3 Å². The van der Waals surface area contributed by atoms with Gasteiger partial charge in [-0.1, -0.05) is 30.3 Å². The quantitative estimate of drug-likeness (QED) is 0.549. The Hall–Kier alpha value is -3.45. The van der Waals surface area contributed by atoms with Crippen molar-refractivity contribution in [3.63, 3.8) is 0 Å². The van der Waals surface area contributed by atoms with Gasteiger partial charge in [0.05, 0.1) is 29.6 Å². The van der Waals surface area contributed by atoms with Crippen LogP contribution in [0.2, 0.25) is 0 Å². The number of aromatic amines is 1. The summed E-state index contributed by atoms with van der Waals surface area (Å²) in [5.74, 6) is 0.313. The van der Waals surface area contributed by atoms with Crippen LogP contribution in [0.5, 0.6) is 0 Å². The van der Waals surface area contributed by atoms with E-state index in [9.17, 15) is 9.59 Å². The van der Waals surface area contributed by atoms with Crippen LogP contribution in [0.4, 0.5) is 0 Å². The van der Waals surface area contributed by atoms with E-state index in [1.54, 1.807) is 30.2 Å². The van der Waals surface area contributed by atoms with Gasteiger partial charge in [0.25, 0.3) is 11.5 Å². The minimum absolute atomic E-state index is 0.130. The van der Waals surface area contributed by atoms with Crippen LogP contribution in [0, 0.1) is 0 Å². The maximum absolute atomic E-state index is 13.4. The fourth-order valence-electron chi connectivity index (χ4n) is 3.53. The fraction of sp³-hybridized carbons (Fsp3) is 0.227. The van der Waals surface area contributed by atoms with E-state index in [4.69, 9.17) is 4.74 Å². The van der Waals surface area contributed by atoms with E-state index in [1.807, 2.05) is 48.1 Å². The SMILES string of the molecule is COCCN(Cc1nc2ccccc2c(=O)[nH]1)C(=O)c1cn(C)c2ccccc12. The summed E-state index contributed by atoms with van der Waals surface area (Å²) < 4.78 is 7.13. The van der Waals surface area contributed by atoms with Crippen LogP contribution in [-0.4, -0.2) is 45.6 Å². The number of carbonyl (C=O) groups is 1. The first-order valence-electron chi connectivity index (χ1n) is 9.38. The molecular formula is C22H22N4O3. The van der Waals surface area contributed by atoms with Crippen molar-refractivity contribution in [2.75, 3.05) is 20.3 Å².